The van der Waals surface area contributed by atoms with E-state index in [4.69, 9.17) is 9.52 Å². The van der Waals surface area contributed by atoms with E-state index in [9.17, 15) is 9.59 Å². The second-order valence-electron chi connectivity index (χ2n) is 4.49. The van der Waals surface area contributed by atoms with E-state index < -0.39 is 5.97 Å². The first-order valence-electron chi connectivity index (χ1n) is 6.06. The first-order valence-corrected chi connectivity index (χ1v) is 6.06. The second-order valence-corrected chi connectivity index (χ2v) is 4.49. The number of nitrogens with zero attached hydrogens (tertiary/aromatic N) is 1. The van der Waals surface area contributed by atoms with Gasteiger partial charge in [0.25, 0.3) is 0 Å². The standard InChI is InChI=1S/C13H16N2O4/c1-9-3-2-6-15(8-9)13(18)14-7-10-4-5-11(19-10)12(16)17/h3-5H,2,6-8H2,1H3,(H,14,18)(H,16,17). The largest absolute Gasteiger partial charge is 0.475 e. The van der Waals surface area contributed by atoms with E-state index in [1.54, 1.807) is 11.0 Å². The maximum absolute atomic E-state index is 11.9. The van der Waals surface area contributed by atoms with E-state index in [0.29, 0.717) is 18.8 Å². The smallest absolute Gasteiger partial charge is 0.371 e. The molecule has 0 fully saturated rings. The SMILES string of the molecule is CC1=CCCN(C(=O)NCc2ccc(C(=O)O)o2)C1. The Hall–Kier alpha value is -2.24. The summed E-state index contributed by atoms with van der Waals surface area (Å²) >= 11 is 0. The molecule has 2 heterocycles. The van der Waals surface area contributed by atoms with Gasteiger partial charge in [-0.1, -0.05) is 11.6 Å². The number of urea groups is 1. The number of carboxylic acids is 1. The molecule has 19 heavy (non-hydrogen) atoms. The molecule has 1 aliphatic heterocycles. The molecule has 1 aromatic rings. The predicted octanol–water partition coefficient (Wildman–Crippen LogP) is 1.84. The fourth-order valence-corrected chi connectivity index (χ4v) is 1.95. The Bertz CT molecular complexity index is 518. The van der Waals surface area contributed by atoms with Crippen molar-refractivity contribution in [2.75, 3.05) is 13.1 Å². The fraction of sp³-hybridized carbons (Fsp3) is 0.385. The van der Waals surface area contributed by atoms with Crippen molar-refractivity contribution in [1.29, 1.82) is 0 Å². The molecule has 0 aromatic carbocycles. The average molecular weight is 264 g/mol. The van der Waals surface area contributed by atoms with Crippen LogP contribution in [0.1, 0.15) is 29.7 Å². The summed E-state index contributed by atoms with van der Waals surface area (Å²) in [5.41, 5.74) is 1.17. The highest BCUT2D eigenvalue weighted by molar-refractivity contribution is 5.84. The molecule has 2 N–H and O–H groups in total. The van der Waals surface area contributed by atoms with Gasteiger partial charge in [0.05, 0.1) is 6.54 Å². The van der Waals surface area contributed by atoms with Crippen LogP contribution in [0.4, 0.5) is 4.79 Å². The van der Waals surface area contributed by atoms with Crippen LogP contribution in [0, 0.1) is 0 Å². The normalized spacial score (nSPS) is 15.0. The van der Waals surface area contributed by atoms with Crippen LogP contribution in [0.25, 0.3) is 0 Å². The van der Waals surface area contributed by atoms with Gasteiger partial charge in [-0.3, -0.25) is 0 Å². The molecule has 0 unspecified atom stereocenters. The van der Waals surface area contributed by atoms with Crippen molar-refractivity contribution in [3.63, 3.8) is 0 Å². The first kappa shape index (κ1) is 13.2. The predicted molar refractivity (Wildman–Crippen MR) is 67.9 cm³/mol. The Balaban J connectivity index is 1.86. The summed E-state index contributed by atoms with van der Waals surface area (Å²) in [6.07, 6.45) is 2.98. The Morgan fingerprint density at radius 1 is 1.47 bits per heavy atom. The van der Waals surface area contributed by atoms with Crippen molar-refractivity contribution in [2.45, 2.75) is 19.9 Å². The molecule has 6 nitrogen and oxygen atoms in total. The summed E-state index contributed by atoms with van der Waals surface area (Å²) in [6, 6.07) is 2.75. The van der Waals surface area contributed by atoms with E-state index in [0.717, 1.165) is 6.42 Å². The minimum absolute atomic E-state index is 0.124. The van der Waals surface area contributed by atoms with Gasteiger partial charge in [-0.15, -0.1) is 0 Å². The van der Waals surface area contributed by atoms with Crippen molar-refractivity contribution in [3.05, 3.63) is 35.3 Å². The van der Waals surface area contributed by atoms with Crippen LogP contribution in [-0.4, -0.2) is 35.1 Å². The summed E-state index contributed by atoms with van der Waals surface area (Å²) in [4.78, 5) is 24.2. The summed E-state index contributed by atoms with van der Waals surface area (Å²) in [6.45, 7) is 3.50. The zero-order valence-electron chi connectivity index (χ0n) is 10.7. The van der Waals surface area contributed by atoms with Crippen LogP contribution >= 0.6 is 0 Å². The number of furan rings is 1. The summed E-state index contributed by atoms with van der Waals surface area (Å²) in [5, 5.41) is 11.4. The average Bonchev–Trinajstić information content (AvgIpc) is 2.85. The summed E-state index contributed by atoms with van der Waals surface area (Å²) in [5.74, 6) is -0.814. The van der Waals surface area contributed by atoms with Gasteiger partial charge < -0.3 is 19.7 Å². The van der Waals surface area contributed by atoms with E-state index in [2.05, 4.69) is 11.4 Å². The number of aromatic carboxylic acids is 1. The third kappa shape index (κ3) is 3.37. The number of hydrogen-bond donors (Lipinski definition) is 2. The number of carbonyl (C=O) groups excluding carboxylic acids is 1. The van der Waals surface area contributed by atoms with Gasteiger partial charge in [-0.05, 0) is 25.5 Å². The van der Waals surface area contributed by atoms with E-state index in [-0.39, 0.29) is 18.3 Å². The Labute approximate surface area is 110 Å². The van der Waals surface area contributed by atoms with Crippen molar-refractivity contribution in [2.24, 2.45) is 0 Å². The van der Waals surface area contributed by atoms with Crippen molar-refractivity contribution < 1.29 is 19.1 Å². The van der Waals surface area contributed by atoms with Crippen LogP contribution in [0.2, 0.25) is 0 Å². The zero-order valence-corrected chi connectivity index (χ0v) is 10.7. The number of rotatable bonds is 3. The summed E-state index contributed by atoms with van der Waals surface area (Å²) < 4.78 is 5.06. The quantitative estimate of drug-likeness (QED) is 0.816. The number of carbonyl (C=O) groups is 2. The van der Waals surface area contributed by atoms with E-state index in [1.165, 1.54) is 11.6 Å². The van der Waals surface area contributed by atoms with Crippen molar-refractivity contribution >= 4 is 12.0 Å². The molecular formula is C13H16N2O4. The highest BCUT2D eigenvalue weighted by Crippen LogP contribution is 2.10. The molecule has 1 aromatic heterocycles. The Morgan fingerprint density at radius 2 is 2.26 bits per heavy atom. The molecule has 1 aliphatic rings. The van der Waals surface area contributed by atoms with Gasteiger partial charge >= 0.3 is 12.0 Å². The second kappa shape index (κ2) is 5.60. The molecule has 6 heteroatoms. The molecule has 0 saturated carbocycles. The van der Waals surface area contributed by atoms with Crippen LogP contribution in [0.5, 0.6) is 0 Å². The lowest BCUT2D eigenvalue weighted by atomic mass is 10.1. The number of carboxylic acid groups (broad SMARTS) is 1. The third-order valence-electron chi connectivity index (χ3n) is 2.91. The molecule has 102 valence electrons. The topological polar surface area (TPSA) is 82.8 Å². The fourth-order valence-electron chi connectivity index (χ4n) is 1.95. The van der Waals surface area contributed by atoms with Gasteiger partial charge in [-0.25, -0.2) is 9.59 Å². The minimum atomic E-state index is -1.12. The molecular weight excluding hydrogens is 248 g/mol. The maximum Gasteiger partial charge on any atom is 0.371 e. The maximum atomic E-state index is 11.9. The first-order chi connectivity index (χ1) is 9.06. The van der Waals surface area contributed by atoms with Gasteiger partial charge in [0.2, 0.25) is 5.76 Å². The lowest BCUT2D eigenvalue weighted by molar-refractivity contribution is 0.0660. The molecule has 2 amide bonds. The molecule has 0 bridgehead atoms. The molecule has 2 rings (SSSR count). The van der Waals surface area contributed by atoms with E-state index in [1.807, 2.05) is 6.92 Å². The number of amides is 2. The van der Waals surface area contributed by atoms with Crippen LogP contribution in [0.15, 0.2) is 28.2 Å². The van der Waals surface area contributed by atoms with Crippen LogP contribution in [0.3, 0.4) is 0 Å². The third-order valence-corrected chi connectivity index (χ3v) is 2.91. The molecule has 0 saturated heterocycles. The Kier molecular flexibility index (Phi) is 3.89. The molecule has 0 atom stereocenters. The zero-order chi connectivity index (χ0) is 13.8. The highest BCUT2D eigenvalue weighted by Gasteiger charge is 2.16. The molecule has 0 aliphatic carbocycles. The lowest BCUT2D eigenvalue weighted by Gasteiger charge is -2.26. The van der Waals surface area contributed by atoms with Gasteiger partial charge in [-0.2, -0.15) is 0 Å². The molecule has 0 radical (unpaired) electrons. The summed E-state index contributed by atoms with van der Waals surface area (Å²) in [7, 11) is 0. The van der Waals surface area contributed by atoms with Crippen molar-refractivity contribution in [1.82, 2.24) is 10.2 Å². The van der Waals surface area contributed by atoms with Crippen molar-refractivity contribution in [3.8, 4) is 0 Å². The number of hydrogen-bond acceptors (Lipinski definition) is 3. The van der Waals surface area contributed by atoms with E-state index >= 15 is 0 Å². The lowest BCUT2D eigenvalue weighted by Crippen LogP contribution is -2.42. The monoisotopic (exact) mass is 264 g/mol. The molecule has 0 spiro atoms. The van der Waals surface area contributed by atoms with Gasteiger partial charge in [0.1, 0.15) is 5.76 Å². The van der Waals surface area contributed by atoms with Crippen LogP contribution < -0.4 is 5.32 Å². The minimum Gasteiger partial charge on any atom is -0.475 e. The van der Waals surface area contributed by atoms with Crippen LogP contribution in [-0.2, 0) is 6.54 Å². The highest BCUT2D eigenvalue weighted by atomic mass is 16.4. The Morgan fingerprint density at radius 3 is 2.89 bits per heavy atom. The number of nitrogens with one attached hydrogen (secondary N) is 1. The van der Waals surface area contributed by atoms with Gasteiger partial charge in [0.15, 0.2) is 0 Å². The van der Waals surface area contributed by atoms with Gasteiger partial charge in [0, 0.05) is 13.1 Å².